The molecule has 0 saturated carbocycles. The number of unbranched alkanes of at least 4 members (excludes halogenated alkanes) is 5. The Morgan fingerprint density at radius 2 is 1.96 bits per heavy atom. The minimum atomic E-state index is -0.634. The SMILES string of the molecule is CCCCCCCCc1nnc(NC(=O)c2ccc(Cl)cc2[N+](=O)[O-])s1. The maximum atomic E-state index is 12.3. The van der Waals surface area contributed by atoms with E-state index < -0.39 is 10.8 Å². The number of carbonyl (C=O) groups excluding carboxylic acids is 1. The normalized spacial score (nSPS) is 10.7. The number of rotatable bonds is 10. The van der Waals surface area contributed by atoms with E-state index in [1.165, 1.54) is 49.2 Å². The highest BCUT2D eigenvalue weighted by molar-refractivity contribution is 7.15. The molecular weight excluding hydrogens is 376 g/mol. The second-order valence-corrected chi connectivity index (χ2v) is 7.39. The van der Waals surface area contributed by atoms with Crippen LogP contribution < -0.4 is 5.32 Å². The molecule has 1 amide bonds. The van der Waals surface area contributed by atoms with E-state index in [1.54, 1.807) is 0 Å². The molecule has 0 fully saturated rings. The Bertz CT molecular complexity index is 766. The van der Waals surface area contributed by atoms with Crippen molar-refractivity contribution in [2.24, 2.45) is 0 Å². The molecule has 1 aromatic heterocycles. The highest BCUT2D eigenvalue weighted by Gasteiger charge is 2.21. The monoisotopic (exact) mass is 396 g/mol. The maximum absolute atomic E-state index is 12.3. The van der Waals surface area contributed by atoms with Gasteiger partial charge in [-0.25, -0.2) is 0 Å². The number of amides is 1. The van der Waals surface area contributed by atoms with E-state index in [1.807, 2.05) is 0 Å². The summed E-state index contributed by atoms with van der Waals surface area (Å²) in [6.45, 7) is 2.19. The van der Waals surface area contributed by atoms with Crippen LogP contribution in [0.3, 0.4) is 0 Å². The first-order valence-electron chi connectivity index (χ1n) is 8.59. The molecule has 0 bridgehead atoms. The Hall–Kier alpha value is -2.06. The minimum Gasteiger partial charge on any atom is -0.296 e. The van der Waals surface area contributed by atoms with Crippen molar-refractivity contribution in [3.8, 4) is 0 Å². The van der Waals surface area contributed by atoms with Gasteiger partial charge in [0.2, 0.25) is 5.13 Å². The number of hydrogen-bond donors (Lipinski definition) is 1. The van der Waals surface area contributed by atoms with Crippen molar-refractivity contribution < 1.29 is 9.72 Å². The second kappa shape index (κ2) is 10.2. The molecule has 0 aliphatic carbocycles. The molecular formula is C17H21ClN4O3S. The fourth-order valence-electron chi connectivity index (χ4n) is 2.47. The number of nitro groups is 1. The van der Waals surface area contributed by atoms with Crippen LogP contribution in [0.25, 0.3) is 0 Å². The summed E-state index contributed by atoms with van der Waals surface area (Å²) in [5.74, 6) is -0.601. The number of halogens is 1. The molecule has 7 nitrogen and oxygen atoms in total. The first-order valence-corrected chi connectivity index (χ1v) is 9.78. The summed E-state index contributed by atoms with van der Waals surface area (Å²) >= 11 is 7.05. The number of benzene rings is 1. The van der Waals surface area contributed by atoms with Gasteiger partial charge in [0.1, 0.15) is 10.6 Å². The number of hydrogen-bond acceptors (Lipinski definition) is 6. The Balaban J connectivity index is 1.91. The van der Waals surface area contributed by atoms with E-state index in [-0.39, 0.29) is 16.3 Å². The van der Waals surface area contributed by atoms with Crippen LogP contribution in [0, 0.1) is 10.1 Å². The smallest absolute Gasteiger partial charge is 0.283 e. The summed E-state index contributed by atoms with van der Waals surface area (Å²) in [6, 6.07) is 3.92. The van der Waals surface area contributed by atoms with Crippen molar-refractivity contribution in [1.29, 1.82) is 0 Å². The van der Waals surface area contributed by atoms with Crippen LogP contribution >= 0.6 is 22.9 Å². The molecule has 0 radical (unpaired) electrons. The van der Waals surface area contributed by atoms with Crippen molar-refractivity contribution in [3.05, 3.63) is 43.9 Å². The first-order chi connectivity index (χ1) is 12.5. The summed E-state index contributed by atoms with van der Waals surface area (Å²) in [5, 5.41) is 23.1. The number of nitro benzene ring substituents is 1. The summed E-state index contributed by atoms with van der Waals surface area (Å²) in [6.07, 6.45) is 7.98. The summed E-state index contributed by atoms with van der Waals surface area (Å²) in [5.41, 5.74) is -0.404. The molecule has 1 aromatic carbocycles. The molecule has 1 heterocycles. The third kappa shape index (κ3) is 6.03. The van der Waals surface area contributed by atoms with Gasteiger partial charge in [-0.1, -0.05) is 62.0 Å². The lowest BCUT2D eigenvalue weighted by atomic mass is 10.1. The van der Waals surface area contributed by atoms with E-state index >= 15 is 0 Å². The molecule has 9 heteroatoms. The van der Waals surface area contributed by atoms with Gasteiger partial charge in [-0.3, -0.25) is 20.2 Å². The molecule has 140 valence electrons. The fraction of sp³-hybridized carbons (Fsp3) is 0.471. The molecule has 0 aliphatic heterocycles. The zero-order valence-electron chi connectivity index (χ0n) is 14.5. The third-order valence-electron chi connectivity index (χ3n) is 3.83. The maximum Gasteiger partial charge on any atom is 0.283 e. The highest BCUT2D eigenvalue weighted by atomic mass is 35.5. The van der Waals surface area contributed by atoms with Crippen molar-refractivity contribution in [1.82, 2.24) is 10.2 Å². The van der Waals surface area contributed by atoms with Gasteiger partial charge in [-0.05, 0) is 18.6 Å². The fourth-order valence-corrected chi connectivity index (χ4v) is 3.42. The summed E-state index contributed by atoms with van der Waals surface area (Å²) in [4.78, 5) is 22.8. The van der Waals surface area contributed by atoms with Crippen molar-refractivity contribution in [2.75, 3.05) is 5.32 Å². The summed E-state index contributed by atoms with van der Waals surface area (Å²) in [7, 11) is 0. The Morgan fingerprint density at radius 3 is 2.69 bits per heavy atom. The molecule has 26 heavy (non-hydrogen) atoms. The zero-order valence-corrected chi connectivity index (χ0v) is 16.1. The van der Waals surface area contributed by atoms with Gasteiger partial charge in [0.15, 0.2) is 0 Å². The van der Waals surface area contributed by atoms with Crippen LogP contribution in [0.4, 0.5) is 10.8 Å². The molecule has 1 N–H and O–H groups in total. The van der Waals surface area contributed by atoms with Gasteiger partial charge in [-0.2, -0.15) is 0 Å². The highest BCUT2D eigenvalue weighted by Crippen LogP contribution is 2.25. The Labute approximate surface area is 160 Å². The van der Waals surface area contributed by atoms with Gasteiger partial charge in [-0.15, -0.1) is 10.2 Å². The molecule has 0 atom stereocenters. The number of anilines is 1. The predicted octanol–water partition coefficient (Wildman–Crippen LogP) is 5.26. The second-order valence-electron chi connectivity index (χ2n) is 5.89. The quantitative estimate of drug-likeness (QED) is 0.335. The molecule has 0 spiro atoms. The van der Waals surface area contributed by atoms with Crippen LogP contribution in [0.15, 0.2) is 18.2 Å². The molecule has 0 unspecified atom stereocenters. The van der Waals surface area contributed by atoms with Crippen molar-refractivity contribution >= 4 is 39.7 Å². The number of aryl methyl sites for hydroxylation is 1. The molecule has 0 saturated heterocycles. The van der Waals surface area contributed by atoms with E-state index in [0.29, 0.717) is 5.13 Å². The van der Waals surface area contributed by atoms with Crippen molar-refractivity contribution in [2.45, 2.75) is 51.9 Å². The van der Waals surface area contributed by atoms with Gasteiger partial charge < -0.3 is 0 Å². The average molecular weight is 397 g/mol. The van der Waals surface area contributed by atoms with Gasteiger partial charge in [0.25, 0.3) is 11.6 Å². The van der Waals surface area contributed by atoms with Crippen LogP contribution in [0.5, 0.6) is 0 Å². The third-order valence-corrected chi connectivity index (χ3v) is 4.97. The molecule has 0 aliphatic rings. The van der Waals surface area contributed by atoms with E-state index in [9.17, 15) is 14.9 Å². The standard InChI is InChI=1S/C17H21ClN4O3S/c1-2-3-4-5-6-7-8-15-20-21-17(26-15)19-16(23)13-10-9-12(18)11-14(13)22(24)25/h9-11H,2-8H2,1H3,(H,19,21,23). The van der Waals surface area contributed by atoms with Gasteiger partial charge in [0, 0.05) is 17.5 Å². The average Bonchev–Trinajstić information content (AvgIpc) is 3.05. The van der Waals surface area contributed by atoms with Crippen LogP contribution in [-0.4, -0.2) is 21.0 Å². The number of nitrogens with zero attached hydrogens (tertiary/aromatic N) is 3. The van der Waals surface area contributed by atoms with Crippen LogP contribution in [-0.2, 0) is 6.42 Å². The predicted molar refractivity (Wildman–Crippen MR) is 103 cm³/mol. The van der Waals surface area contributed by atoms with Gasteiger partial charge >= 0.3 is 0 Å². The zero-order chi connectivity index (χ0) is 18.9. The lowest BCUT2D eigenvalue weighted by Crippen LogP contribution is -2.13. The minimum absolute atomic E-state index is 0.0629. The largest absolute Gasteiger partial charge is 0.296 e. The number of aromatic nitrogens is 2. The van der Waals surface area contributed by atoms with Crippen LogP contribution in [0.2, 0.25) is 5.02 Å². The Morgan fingerprint density at radius 1 is 1.23 bits per heavy atom. The molecule has 2 aromatic rings. The van der Waals surface area contributed by atoms with Gasteiger partial charge in [0.05, 0.1) is 4.92 Å². The van der Waals surface area contributed by atoms with Crippen molar-refractivity contribution in [3.63, 3.8) is 0 Å². The van der Waals surface area contributed by atoms with E-state index in [0.717, 1.165) is 30.3 Å². The number of nitrogens with one attached hydrogen (secondary N) is 1. The number of carbonyl (C=O) groups is 1. The van der Waals surface area contributed by atoms with E-state index in [4.69, 9.17) is 11.6 Å². The molecule has 2 rings (SSSR count). The first kappa shape index (κ1) is 20.3. The summed E-state index contributed by atoms with van der Waals surface area (Å²) < 4.78 is 0. The lowest BCUT2D eigenvalue weighted by Gasteiger charge is -2.03. The topological polar surface area (TPSA) is 98.0 Å². The van der Waals surface area contributed by atoms with E-state index in [2.05, 4.69) is 22.4 Å². The van der Waals surface area contributed by atoms with Crippen LogP contribution in [0.1, 0.15) is 60.8 Å². The lowest BCUT2D eigenvalue weighted by molar-refractivity contribution is -0.385. The Kier molecular flexibility index (Phi) is 7.93.